The highest BCUT2D eigenvalue weighted by Gasteiger charge is 2.19. The zero-order valence-electron chi connectivity index (χ0n) is 10.00. The van der Waals surface area contributed by atoms with Crippen LogP contribution < -0.4 is 0 Å². The lowest BCUT2D eigenvalue weighted by molar-refractivity contribution is 0.112. The quantitative estimate of drug-likeness (QED) is 0.824. The van der Waals surface area contributed by atoms with Crippen LogP contribution in [0.1, 0.15) is 25.3 Å². The van der Waals surface area contributed by atoms with Crippen LogP contribution in [0.4, 0.5) is 0 Å². The minimum Gasteiger partial charge on any atom is -0.394 e. The van der Waals surface area contributed by atoms with Crippen molar-refractivity contribution in [2.24, 2.45) is 0 Å². The van der Waals surface area contributed by atoms with E-state index in [1.165, 1.54) is 12.1 Å². The van der Waals surface area contributed by atoms with Crippen molar-refractivity contribution in [3.05, 3.63) is 29.8 Å². The van der Waals surface area contributed by atoms with E-state index in [2.05, 4.69) is 0 Å². The fourth-order valence-corrected chi connectivity index (χ4v) is 2.82. The van der Waals surface area contributed by atoms with Crippen molar-refractivity contribution >= 4 is 9.84 Å². The maximum absolute atomic E-state index is 11.8. The lowest BCUT2D eigenvalue weighted by Gasteiger charge is -2.10. The highest BCUT2D eigenvalue weighted by molar-refractivity contribution is 7.91. The summed E-state index contributed by atoms with van der Waals surface area (Å²) in [7, 11) is -3.52. The number of aliphatic hydroxyl groups is 2. The second kappa shape index (κ2) is 5.62. The molecule has 96 valence electrons. The average Bonchev–Trinajstić information content (AvgIpc) is 2.28. The SMILES string of the molecule is CC(C)c1ccc(S(=O)(=O)C[C@H](O)CO)cc1. The minimum absolute atomic E-state index is 0.175. The molecular weight excluding hydrogens is 240 g/mol. The van der Waals surface area contributed by atoms with Gasteiger partial charge in [-0.3, -0.25) is 0 Å². The van der Waals surface area contributed by atoms with Crippen LogP contribution in [0, 0.1) is 0 Å². The van der Waals surface area contributed by atoms with Crippen molar-refractivity contribution in [2.75, 3.05) is 12.4 Å². The average molecular weight is 258 g/mol. The molecule has 0 aliphatic carbocycles. The molecule has 0 aliphatic heterocycles. The molecule has 0 saturated carbocycles. The zero-order valence-corrected chi connectivity index (χ0v) is 10.8. The first kappa shape index (κ1) is 14.2. The summed E-state index contributed by atoms with van der Waals surface area (Å²) < 4.78 is 23.6. The molecule has 5 heteroatoms. The van der Waals surface area contributed by atoms with Crippen molar-refractivity contribution in [2.45, 2.75) is 30.8 Å². The van der Waals surface area contributed by atoms with E-state index in [-0.39, 0.29) is 4.90 Å². The van der Waals surface area contributed by atoms with Gasteiger partial charge in [0.05, 0.1) is 23.4 Å². The van der Waals surface area contributed by atoms with E-state index in [0.29, 0.717) is 5.92 Å². The van der Waals surface area contributed by atoms with Gasteiger partial charge in [-0.15, -0.1) is 0 Å². The van der Waals surface area contributed by atoms with Gasteiger partial charge >= 0.3 is 0 Å². The molecule has 1 atom stereocenters. The predicted molar refractivity (Wildman–Crippen MR) is 65.7 cm³/mol. The van der Waals surface area contributed by atoms with Crippen LogP contribution in [-0.2, 0) is 9.84 Å². The maximum atomic E-state index is 11.8. The molecule has 1 aromatic rings. The molecule has 0 aromatic heterocycles. The number of sulfone groups is 1. The molecule has 2 N–H and O–H groups in total. The molecule has 1 aromatic carbocycles. The summed E-state index contributed by atoms with van der Waals surface area (Å²) in [5, 5.41) is 17.8. The number of rotatable bonds is 5. The van der Waals surface area contributed by atoms with Gasteiger partial charge < -0.3 is 10.2 Å². The van der Waals surface area contributed by atoms with Gasteiger partial charge in [0.25, 0.3) is 0 Å². The summed E-state index contributed by atoms with van der Waals surface area (Å²) in [5.41, 5.74) is 1.06. The van der Waals surface area contributed by atoms with Gasteiger partial charge in [-0.25, -0.2) is 8.42 Å². The lowest BCUT2D eigenvalue weighted by Crippen LogP contribution is -2.24. The molecule has 0 unspecified atom stereocenters. The Morgan fingerprint density at radius 1 is 1.18 bits per heavy atom. The highest BCUT2D eigenvalue weighted by Crippen LogP contribution is 2.18. The van der Waals surface area contributed by atoms with E-state index in [4.69, 9.17) is 10.2 Å². The summed E-state index contributed by atoms with van der Waals surface area (Å²) in [6, 6.07) is 6.61. The van der Waals surface area contributed by atoms with Gasteiger partial charge in [0.2, 0.25) is 0 Å². The topological polar surface area (TPSA) is 74.6 Å². The van der Waals surface area contributed by atoms with Crippen molar-refractivity contribution in [1.82, 2.24) is 0 Å². The Hall–Kier alpha value is -0.910. The first-order valence-corrected chi connectivity index (χ1v) is 7.13. The molecule has 17 heavy (non-hydrogen) atoms. The molecule has 0 bridgehead atoms. The number of benzene rings is 1. The minimum atomic E-state index is -3.52. The highest BCUT2D eigenvalue weighted by atomic mass is 32.2. The number of aliphatic hydroxyl groups excluding tert-OH is 2. The van der Waals surface area contributed by atoms with Crippen molar-refractivity contribution < 1.29 is 18.6 Å². The third kappa shape index (κ3) is 3.80. The molecule has 0 amide bonds. The van der Waals surface area contributed by atoms with Gasteiger partial charge in [-0.05, 0) is 23.6 Å². The Kier molecular flexibility index (Phi) is 4.68. The standard InChI is InChI=1S/C12H18O4S/c1-9(2)10-3-5-12(6-4-10)17(15,16)8-11(14)7-13/h3-6,9,11,13-14H,7-8H2,1-2H3/t11-/m1/s1. The van der Waals surface area contributed by atoms with E-state index in [1.54, 1.807) is 12.1 Å². The van der Waals surface area contributed by atoms with Crippen molar-refractivity contribution in [3.63, 3.8) is 0 Å². The molecular formula is C12H18O4S. The van der Waals surface area contributed by atoms with Crippen LogP contribution in [0.2, 0.25) is 0 Å². The Morgan fingerprint density at radius 2 is 1.71 bits per heavy atom. The molecule has 0 radical (unpaired) electrons. The molecule has 0 fully saturated rings. The summed E-state index contributed by atoms with van der Waals surface area (Å²) in [6.45, 7) is 3.50. The number of hydrogen-bond donors (Lipinski definition) is 2. The summed E-state index contributed by atoms with van der Waals surface area (Å²) >= 11 is 0. The summed E-state index contributed by atoms with van der Waals surface area (Å²) in [5.74, 6) is -0.111. The fourth-order valence-electron chi connectivity index (χ4n) is 1.46. The van der Waals surface area contributed by atoms with Gasteiger partial charge in [-0.1, -0.05) is 26.0 Å². The van der Waals surface area contributed by atoms with Crippen LogP contribution in [0.25, 0.3) is 0 Å². The molecule has 0 aliphatic rings. The van der Waals surface area contributed by atoms with E-state index in [9.17, 15) is 8.42 Å². The van der Waals surface area contributed by atoms with Crippen molar-refractivity contribution in [1.29, 1.82) is 0 Å². The van der Waals surface area contributed by atoms with E-state index >= 15 is 0 Å². The maximum Gasteiger partial charge on any atom is 0.180 e. The third-order valence-corrected chi connectivity index (χ3v) is 4.34. The summed E-state index contributed by atoms with van der Waals surface area (Å²) in [6.07, 6.45) is -1.23. The smallest absolute Gasteiger partial charge is 0.180 e. The fraction of sp³-hybridized carbons (Fsp3) is 0.500. The van der Waals surface area contributed by atoms with Gasteiger partial charge in [0, 0.05) is 0 Å². The van der Waals surface area contributed by atoms with Crippen molar-refractivity contribution in [3.8, 4) is 0 Å². The molecule has 4 nitrogen and oxygen atoms in total. The van der Waals surface area contributed by atoms with Gasteiger partial charge in [-0.2, -0.15) is 0 Å². The van der Waals surface area contributed by atoms with Gasteiger partial charge in [0.15, 0.2) is 9.84 Å². The Balaban J connectivity index is 2.92. The van der Waals surface area contributed by atoms with Crippen LogP contribution >= 0.6 is 0 Å². The first-order valence-electron chi connectivity index (χ1n) is 5.48. The van der Waals surface area contributed by atoms with Crippen LogP contribution in [0.15, 0.2) is 29.2 Å². The lowest BCUT2D eigenvalue weighted by atomic mass is 10.0. The Morgan fingerprint density at radius 3 is 2.12 bits per heavy atom. The zero-order chi connectivity index (χ0) is 13.1. The Labute approximate surface area is 102 Å². The van der Waals surface area contributed by atoms with Crippen LogP contribution in [0.3, 0.4) is 0 Å². The third-order valence-electron chi connectivity index (χ3n) is 2.53. The second-order valence-corrected chi connectivity index (χ2v) is 6.38. The van der Waals surface area contributed by atoms with Gasteiger partial charge in [0.1, 0.15) is 0 Å². The molecule has 0 heterocycles. The van der Waals surface area contributed by atoms with Crippen LogP contribution in [0.5, 0.6) is 0 Å². The molecule has 1 rings (SSSR count). The predicted octanol–water partition coefficient (Wildman–Crippen LogP) is 0.937. The van der Waals surface area contributed by atoms with E-state index < -0.39 is 28.3 Å². The second-order valence-electron chi connectivity index (χ2n) is 4.34. The molecule has 0 spiro atoms. The molecule has 0 saturated heterocycles. The van der Waals surface area contributed by atoms with E-state index in [0.717, 1.165) is 5.56 Å². The normalized spacial score (nSPS) is 13.9. The monoisotopic (exact) mass is 258 g/mol. The summed E-state index contributed by atoms with van der Waals surface area (Å²) in [4.78, 5) is 0.175. The first-order chi connectivity index (χ1) is 7.86. The largest absolute Gasteiger partial charge is 0.394 e. The Bertz CT molecular complexity index is 448. The number of hydrogen-bond acceptors (Lipinski definition) is 4. The van der Waals surface area contributed by atoms with E-state index in [1.807, 2.05) is 13.8 Å². The van der Waals surface area contributed by atoms with Crippen LogP contribution in [-0.4, -0.2) is 37.1 Å².